The number of likely N-dealkylation sites (tertiary alicyclic amines) is 1. The maximum atomic E-state index is 13.8. The second kappa shape index (κ2) is 7.74. The number of aromatic nitrogens is 4. The average molecular weight is 534 g/mol. The zero-order chi connectivity index (χ0) is 24.5. The van der Waals surface area contributed by atoms with Gasteiger partial charge in [-0.3, -0.25) is 9.59 Å². The number of nitrogens with zero attached hydrogens (tertiary/aromatic N) is 5. The first kappa shape index (κ1) is 22.0. The molecule has 178 valence electrons. The molecule has 4 heterocycles. The Morgan fingerprint density at radius 3 is 2.74 bits per heavy atom. The van der Waals surface area contributed by atoms with Crippen LogP contribution in [0.3, 0.4) is 0 Å². The van der Waals surface area contributed by atoms with Gasteiger partial charge in [0, 0.05) is 11.4 Å². The Morgan fingerprint density at radius 2 is 1.94 bits per heavy atom. The van der Waals surface area contributed by atoms with Gasteiger partial charge in [-0.1, -0.05) is 31.2 Å². The maximum absolute atomic E-state index is 13.8. The van der Waals surface area contributed by atoms with Gasteiger partial charge in [-0.15, -0.1) is 0 Å². The number of benzene rings is 1. The van der Waals surface area contributed by atoms with Crippen molar-refractivity contribution >= 4 is 61.3 Å². The molecule has 1 saturated carbocycles. The summed E-state index contributed by atoms with van der Waals surface area (Å²) in [6.07, 6.45) is 1.53. The number of hydrogen-bond acceptors (Lipinski definition) is 6. The molecule has 10 heteroatoms. The summed E-state index contributed by atoms with van der Waals surface area (Å²) < 4.78 is 2.52. The average Bonchev–Trinajstić information content (AvgIpc) is 3.21. The molecule has 4 aromatic rings. The summed E-state index contributed by atoms with van der Waals surface area (Å²) >= 11 is 3.33. The molecule has 0 spiro atoms. The number of para-hydroxylation sites is 1. The van der Waals surface area contributed by atoms with Crippen LogP contribution in [0.15, 0.2) is 47.1 Å². The minimum atomic E-state index is -0.554. The van der Waals surface area contributed by atoms with Crippen molar-refractivity contribution in [1.29, 1.82) is 0 Å². The third-order valence-electron chi connectivity index (χ3n) is 7.24. The highest BCUT2D eigenvalue weighted by Crippen LogP contribution is 2.59. The summed E-state index contributed by atoms with van der Waals surface area (Å²) in [4.78, 5) is 42.1. The van der Waals surface area contributed by atoms with Crippen LogP contribution in [-0.2, 0) is 16.1 Å². The number of piperidine rings is 1. The van der Waals surface area contributed by atoms with E-state index in [1.54, 1.807) is 30.0 Å². The van der Waals surface area contributed by atoms with E-state index >= 15 is 0 Å². The van der Waals surface area contributed by atoms with Crippen LogP contribution in [0.25, 0.3) is 21.9 Å². The molecular weight excluding hydrogens is 510 g/mol. The van der Waals surface area contributed by atoms with Gasteiger partial charge >= 0.3 is 0 Å². The zero-order valence-electron chi connectivity index (χ0n) is 19.3. The molecule has 0 unspecified atom stereocenters. The summed E-state index contributed by atoms with van der Waals surface area (Å²) in [6, 6.07) is 12.6. The van der Waals surface area contributed by atoms with Crippen molar-refractivity contribution in [3.8, 4) is 0 Å². The fourth-order valence-electron chi connectivity index (χ4n) is 5.49. The fraction of sp³-hybridized carbons (Fsp3) is 0.320. The molecule has 6 rings (SSSR count). The van der Waals surface area contributed by atoms with E-state index in [1.165, 1.54) is 0 Å². The normalized spacial score (nSPS) is 23.0. The number of nitrogens with two attached hydrogens (primary N) is 1. The number of pyridine rings is 1. The van der Waals surface area contributed by atoms with E-state index in [2.05, 4.69) is 43.1 Å². The van der Waals surface area contributed by atoms with Crippen molar-refractivity contribution in [1.82, 2.24) is 24.4 Å². The zero-order valence-corrected chi connectivity index (χ0v) is 20.9. The largest absolute Gasteiger partial charge is 0.383 e. The number of carbonyl (C=O) groups is 2. The lowest BCUT2D eigenvalue weighted by Crippen LogP contribution is -2.46. The van der Waals surface area contributed by atoms with Gasteiger partial charge in [-0.2, -0.15) is 0 Å². The van der Waals surface area contributed by atoms with Gasteiger partial charge in [0.05, 0.1) is 10.9 Å². The molecule has 0 radical (unpaired) electrons. The predicted molar refractivity (Wildman–Crippen MR) is 137 cm³/mol. The Balaban J connectivity index is 1.35. The van der Waals surface area contributed by atoms with Crippen LogP contribution in [0.4, 0.5) is 11.6 Å². The first-order valence-corrected chi connectivity index (χ1v) is 12.3. The lowest BCUT2D eigenvalue weighted by Gasteiger charge is -2.27. The number of aryl methyl sites for hydroxylation is 1. The van der Waals surface area contributed by atoms with E-state index in [0.717, 1.165) is 22.7 Å². The molecule has 2 aliphatic rings. The molecule has 1 aliphatic carbocycles. The minimum Gasteiger partial charge on any atom is -0.383 e. The number of anilines is 2. The Bertz CT molecular complexity index is 1530. The Labute approximate surface area is 209 Å². The van der Waals surface area contributed by atoms with E-state index in [1.807, 2.05) is 28.8 Å². The molecule has 2 amide bonds. The smallest absolute Gasteiger partial charge is 0.248 e. The molecule has 1 aliphatic heterocycles. The van der Waals surface area contributed by atoms with Crippen LogP contribution in [0.5, 0.6) is 0 Å². The lowest BCUT2D eigenvalue weighted by molar-refractivity contribution is -0.138. The number of nitrogens with one attached hydrogen (secondary N) is 1. The summed E-state index contributed by atoms with van der Waals surface area (Å²) in [7, 11) is 0. The van der Waals surface area contributed by atoms with E-state index in [9.17, 15) is 9.59 Å². The molecule has 1 saturated heterocycles. The van der Waals surface area contributed by atoms with Crippen LogP contribution in [0.2, 0.25) is 0 Å². The van der Waals surface area contributed by atoms with Crippen molar-refractivity contribution in [2.45, 2.75) is 45.3 Å². The highest BCUT2D eigenvalue weighted by atomic mass is 79.9. The fourth-order valence-corrected chi connectivity index (χ4v) is 5.84. The highest BCUT2D eigenvalue weighted by Gasteiger charge is 2.64. The molecule has 9 nitrogen and oxygen atoms in total. The monoisotopic (exact) mass is 533 g/mol. The number of nitrogen functional groups attached to an aromatic ring is 1. The Hall–Kier alpha value is -3.53. The summed E-state index contributed by atoms with van der Waals surface area (Å²) in [5.74, 6) is 1.05. The molecule has 3 atom stereocenters. The number of carbonyl (C=O) groups excluding carboxylic acids is 2. The third kappa shape index (κ3) is 3.54. The van der Waals surface area contributed by atoms with Gasteiger partial charge in [0.15, 0.2) is 0 Å². The van der Waals surface area contributed by atoms with Crippen LogP contribution < -0.4 is 11.1 Å². The Kier molecular flexibility index (Phi) is 4.86. The van der Waals surface area contributed by atoms with E-state index < -0.39 is 6.04 Å². The maximum Gasteiger partial charge on any atom is 0.248 e. The third-order valence-corrected chi connectivity index (χ3v) is 7.68. The van der Waals surface area contributed by atoms with Gasteiger partial charge in [-0.25, -0.2) is 15.0 Å². The van der Waals surface area contributed by atoms with Crippen LogP contribution >= 0.6 is 15.9 Å². The van der Waals surface area contributed by atoms with Crippen molar-refractivity contribution in [2.24, 2.45) is 5.41 Å². The summed E-state index contributed by atoms with van der Waals surface area (Å²) in [5.41, 5.74) is 7.71. The van der Waals surface area contributed by atoms with E-state index in [4.69, 9.17) is 5.73 Å². The van der Waals surface area contributed by atoms with Gasteiger partial charge in [0.25, 0.3) is 0 Å². The van der Waals surface area contributed by atoms with Crippen LogP contribution in [-0.4, -0.2) is 48.3 Å². The van der Waals surface area contributed by atoms with Crippen LogP contribution in [0.1, 0.15) is 25.6 Å². The standard InChI is InChI=1S/C25H24BrN7O2/c1-13-28-22(27)21-14-6-3-4-7-15(14)32(23(21)29-13)12-20(34)33-16(10-25(2)11-17(25)33)24(35)31-19-9-5-8-18(26)30-19/h3-9,16-17H,10-12H2,1-2H3,(H2,27,28,29)(H,30,31,35)/t16-,17+,25-/m0/s1. The van der Waals surface area contributed by atoms with Gasteiger partial charge < -0.3 is 20.5 Å². The number of amides is 2. The number of rotatable bonds is 4. The van der Waals surface area contributed by atoms with Gasteiger partial charge in [0.1, 0.15) is 40.3 Å². The van der Waals surface area contributed by atoms with Crippen LogP contribution in [0, 0.1) is 12.3 Å². The number of hydrogen-bond donors (Lipinski definition) is 2. The second-order valence-corrected chi connectivity index (χ2v) is 10.5. The van der Waals surface area contributed by atoms with Crippen molar-refractivity contribution in [3.05, 3.63) is 52.9 Å². The first-order valence-electron chi connectivity index (χ1n) is 11.5. The summed E-state index contributed by atoms with van der Waals surface area (Å²) in [6.45, 7) is 3.98. The molecule has 3 aromatic heterocycles. The van der Waals surface area contributed by atoms with Gasteiger partial charge in [0.2, 0.25) is 11.8 Å². The molecule has 35 heavy (non-hydrogen) atoms. The predicted octanol–water partition coefficient (Wildman–Crippen LogP) is 3.65. The Morgan fingerprint density at radius 1 is 1.14 bits per heavy atom. The van der Waals surface area contributed by atoms with E-state index in [-0.39, 0.29) is 29.8 Å². The lowest BCUT2D eigenvalue weighted by atomic mass is 10.0. The van der Waals surface area contributed by atoms with Gasteiger partial charge in [-0.05, 0) is 59.3 Å². The van der Waals surface area contributed by atoms with Crippen molar-refractivity contribution in [3.63, 3.8) is 0 Å². The molecule has 3 N–H and O–H groups in total. The highest BCUT2D eigenvalue weighted by molar-refractivity contribution is 9.10. The molecule has 0 bridgehead atoms. The molecule has 2 fully saturated rings. The van der Waals surface area contributed by atoms with Crippen molar-refractivity contribution < 1.29 is 9.59 Å². The summed E-state index contributed by atoms with van der Waals surface area (Å²) in [5, 5.41) is 4.53. The number of fused-ring (bicyclic) bond motifs is 4. The second-order valence-electron chi connectivity index (χ2n) is 9.69. The number of halogens is 1. The molecule has 1 aromatic carbocycles. The van der Waals surface area contributed by atoms with Crippen molar-refractivity contribution in [2.75, 3.05) is 11.1 Å². The minimum absolute atomic E-state index is 0.0353. The SMILES string of the molecule is Cc1nc(N)c2c3ccccc3n(CC(=O)N3[C@H](C(=O)Nc4cccc(Br)n4)C[C@@]4(C)C[C@@H]34)c2n1. The van der Waals surface area contributed by atoms with E-state index in [0.29, 0.717) is 34.1 Å². The molecular formula is C25H24BrN7O2. The topological polar surface area (TPSA) is 119 Å². The quantitative estimate of drug-likeness (QED) is 0.386. The first-order chi connectivity index (χ1) is 16.7.